The maximum atomic E-state index is 9.10. The molecule has 7 N–H and O–H groups in total. The minimum atomic E-state index is -0.751. The average Bonchev–Trinajstić information content (AvgIpc) is 3.11. The third-order valence-electron chi connectivity index (χ3n) is 6.82. The molecule has 0 heterocycles. The van der Waals surface area contributed by atoms with Crippen molar-refractivity contribution >= 4 is 0 Å². The van der Waals surface area contributed by atoms with Crippen LogP contribution in [0.5, 0.6) is 0 Å². The van der Waals surface area contributed by atoms with Gasteiger partial charge in [0.2, 0.25) is 0 Å². The minimum absolute atomic E-state index is 0.129. The smallest absolute Gasteiger partial charge is 0.100 e. The van der Waals surface area contributed by atoms with Gasteiger partial charge in [0.1, 0.15) is 6.10 Å². The molecular weight excluding hydrogens is 773 g/mol. The Balaban J connectivity index is -0.000000146. The fraction of sp³-hybridized carbons (Fsp3) is 1.00. The van der Waals surface area contributed by atoms with Crippen LogP contribution in [0.25, 0.3) is 0 Å². The summed E-state index contributed by atoms with van der Waals surface area (Å²) >= 11 is 0. The predicted molar refractivity (Wildman–Crippen MR) is 249 cm³/mol. The number of hydrogen-bond acceptors (Lipinski definition) is 13. The molecule has 6 atom stereocenters. The summed E-state index contributed by atoms with van der Waals surface area (Å²) in [5.74, 6) is 0. The first kappa shape index (κ1) is 71.1. The molecule has 0 aliphatic carbocycles. The van der Waals surface area contributed by atoms with Gasteiger partial charge in [0.15, 0.2) is 0 Å². The number of rotatable bonds is 18. The number of ether oxygens (including phenoxy) is 6. The highest BCUT2D eigenvalue weighted by Crippen LogP contribution is 2.11. The highest BCUT2D eigenvalue weighted by Gasteiger charge is 2.16. The van der Waals surface area contributed by atoms with Crippen molar-refractivity contribution in [1.29, 1.82) is 0 Å². The van der Waals surface area contributed by atoms with E-state index in [0.29, 0.717) is 33.0 Å². The predicted octanol–water partition coefficient (Wildman–Crippen LogP) is 8.02. The van der Waals surface area contributed by atoms with E-state index in [1.54, 1.807) is 0 Å². The molecule has 0 fully saturated rings. The van der Waals surface area contributed by atoms with Crippen molar-refractivity contribution in [3.63, 3.8) is 0 Å². The lowest BCUT2D eigenvalue weighted by atomic mass is 10.2. The van der Waals surface area contributed by atoms with E-state index in [1.807, 2.05) is 159 Å². The molecule has 0 aromatic rings. The van der Waals surface area contributed by atoms with Crippen molar-refractivity contribution in [2.45, 2.75) is 262 Å². The first-order valence-electron chi connectivity index (χ1n) is 22.3. The van der Waals surface area contributed by atoms with Crippen molar-refractivity contribution in [3.05, 3.63) is 0 Å². The molecule has 60 heavy (non-hydrogen) atoms. The van der Waals surface area contributed by atoms with Gasteiger partial charge in [-0.1, -0.05) is 34.6 Å². The molecule has 0 saturated heterocycles. The van der Waals surface area contributed by atoms with Gasteiger partial charge in [-0.3, -0.25) is 0 Å². The third kappa shape index (κ3) is 81.3. The molecular formula is C47H106O13. The van der Waals surface area contributed by atoms with Gasteiger partial charge in [0.25, 0.3) is 0 Å². The molecule has 13 heteroatoms. The topological polar surface area (TPSA) is 197 Å². The second kappa shape index (κ2) is 37.8. The number of aliphatic hydroxyl groups is 7. The zero-order chi connectivity index (χ0) is 49.2. The molecule has 372 valence electrons. The summed E-state index contributed by atoms with van der Waals surface area (Å²) in [6.45, 7) is 47.3. The lowest BCUT2D eigenvalue weighted by Crippen LogP contribution is -2.27. The van der Waals surface area contributed by atoms with Crippen molar-refractivity contribution in [2.24, 2.45) is 0 Å². The molecule has 0 radical (unpaired) electrons. The number of aliphatic hydroxyl groups excluding tert-OH is 7. The van der Waals surface area contributed by atoms with Crippen LogP contribution >= 0.6 is 0 Å². The van der Waals surface area contributed by atoms with E-state index >= 15 is 0 Å². The van der Waals surface area contributed by atoms with Gasteiger partial charge in [-0.2, -0.15) is 0 Å². The third-order valence-corrected chi connectivity index (χ3v) is 6.82. The van der Waals surface area contributed by atoms with Gasteiger partial charge in [0, 0.05) is 0 Å². The van der Waals surface area contributed by atoms with Crippen molar-refractivity contribution in [3.8, 4) is 0 Å². The zero-order valence-corrected chi connectivity index (χ0v) is 43.5. The van der Waals surface area contributed by atoms with Crippen molar-refractivity contribution < 1.29 is 64.2 Å². The van der Waals surface area contributed by atoms with Crippen molar-refractivity contribution in [2.75, 3.05) is 46.2 Å². The normalized spacial score (nSPS) is 15.3. The van der Waals surface area contributed by atoms with Gasteiger partial charge in [0.05, 0.1) is 110 Å². The van der Waals surface area contributed by atoms with Crippen LogP contribution in [0.3, 0.4) is 0 Å². The van der Waals surface area contributed by atoms with Gasteiger partial charge in [-0.05, 0) is 157 Å². The lowest BCUT2D eigenvalue weighted by molar-refractivity contribution is -0.0613. The molecule has 0 rings (SSSR count). The van der Waals surface area contributed by atoms with Crippen LogP contribution in [0.2, 0.25) is 0 Å². The molecule has 0 spiro atoms. The molecule has 0 bridgehead atoms. The Labute approximate surface area is 371 Å². The van der Waals surface area contributed by atoms with Crippen LogP contribution in [0.1, 0.15) is 191 Å². The second-order valence-corrected chi connectivity index (χ2v) is 20.7. The minimum Gasteiger partial charge on any atom is -0.394 e. The van der Waals surface area contributed by atoms with Crippen LogP contribution in [0, 0.1) is 0 Å². The van der Waals surface area contributed by atoms with E-state index in [9.17, 15) is 0 Å². The van der Waals surface area contributed by atoms with E-state index in [1.165, 1.54) is 0 Å². The van der Waals surface area contributed by atoms with Gasteiger partial charge in [-0.15, -0.1) is 0 Å². The number of hydrogen-bond donors (Lipinski definition) is 7. The Kier molecular flexibility index (Phi) is 44.8. The maximum absolute atomic E-state index is 9.10. The van der Waals surface area contributed by atoms with E-state index in [4.69, 9.17) is 64.2 Å². The van der Waals surface area contributed by atoms with Gasteiger partial charge < -0.3 is 64.2 Å². The van der Waals surface area contributed by atoms with Crippen LogP contribution in [0.4, 0.5) is 0 Å². The quantitative estimate of drug-likeness (QED) is 0.0700. The van der Waals surface area contributed by atoms with Crippen LogP contribution in [0.15, 0.2) is 0 Å². The van der Waals surface area contributed by atoms with E-state index in [2.05, 4.69) is 0 Å². The zero-order valence-electron chi connectivity index (χ0n) is 43.5. The largest absolute Gasteiger partial charge is 0.394 e. The van der Waals surface area contributed by atoms with Gasteiger partial charge >= 0.3 is 0 Å². The SMILES string of the molecule is CC(C)(C)OC[C@@H](O)CO.CCC(O)COC(C)(C)C.CCC(O)COC(C)(C)C.CC[C@@H](O)COC(C)(C)C.CC[C@@H](O)COC(C)(C)C.CC[C@H](O)COC(C)(C)C. The maximum Gasteiger partial charge on any atom is 0.100 e. The fourth-order valence-corrected chi connectivity index (χ4v) is 2.72. The Bertz CT molecular complexity index is 691. The summed E-state index contributed by atoms with van der Waals surface area (Å²) < 4.78 is 31.8. The first-order valence-corrected chi connectivity index (χ1v) is 22.3. The van der Waals surface area contributed by atoms with Gasteiger partial charge in [-0.25, -0.2) is 0 Å². The Hall–Kier alpha value is -0.520. The van der Waals surface area contributed by atoms with E-state index < -0.39 is 6.10 Å². The van der Waals surface area contributed by atoms with Crippen LogP contribution in [-0.2, 0) is 28.4 Å². The average molecular weight is 879 g/mol. The van der Waals surface area contributed by atoms with E-state index in [0.717, 1.165) is 32.1 Å². The van der Waals surface area contributed by atoms with E-state index in [-0.39, 0.29) is 77.3 Å². The molecule has 0 aromatic carbocycles. The molecule has 0 aliphatic heterocycles. The Morgan fingerprint density at radius 2 is 0.383 bits per heavy atom. The summed E-state index contributed by atoms with van der Waals surface area (Å²) in [5, 5.41) is 62.7. The fourth-order valence-electron chi connectivity index (χ4n) is 2.72. The molecule has 0 amide bonds. The van der Waals surface area contributed by atoms with Crippen LogP contribution < -0.4 is 0 Å². The Morgan fingerprint density at radius 1 is 0.267 bits per heavy atom. The standard InChI is InChI=1S/5C8H18O2.C7H16O3/c5*1-5-7(9)6-10-8(2,3)4;1-7(2,3)10-5-6(9)4-8/h5*7,9H,5-6H2,1-4H3;6,8-9H,4-5H2,1-3H3/t3*7-;;;6-/m110..0/s1. The van der Waals surface area contributed by atoms with Crippen LogP contribution in [-0.4, -0.2) is 152 Å². The molecule has 0 aliphatic rings. The molecule has 2 unspecified atom stereocenters. The first-order chi connectivity index (χ1) is 26.7. The molecule has 13 nitrogen and oxygen atoms in total. The molecule has 0 aromatic heterocycles. The highest BCUT2D eigenvalue weighted by atomic mass is 16.5. The Morgan fingerprint density at radius 3 is 0.467 bits per heavy atom. The summed E-state index contributed by atoms with van der Waals surface area (Å²) in [6, 6.07) is 0. The van der Waals surface area contributed by atoms with Crippen molar-refractivity contribution in [1.82, 2.24) is 0 Å². The summed E-state index contributed by atoms with van der Waals surface area (Å²) in [6.07, 6.45) is 1.52. The summed E-state index contributed by atoms with van der Waals surface area (Å²) in [7, 11) is 0. The monoisotopic (exact) mass is 879 g/mol. The lowest BCUT2D eigenvalue weighted by Gasteiger charge is -2.21. The summed E-state index contributed by atoms with van der Waals surface area (Å²) in [4.78, 5) is 0. The summed E-state index contributed by atoms with van der Waals surface area (Å²) in [5.41, 5.74) is -0.884. The highest BCUT2D eigenvalue weighted by molar-refractivity contribution is 4.64. The molecule has 0 saturated carbocycles. The second-order valence-electron chi connectivity index (χ2n) is 20.7.